The number of rotatable bonds is 6. The lowest BCUT2D eigenvalue weighted by molar-refractivity contribution is -0.135. The Hall–Kier alpha value is -2.12. The molecule has 2 aromatic carbocycles. The number of piperazine rings is 1. The van der Waals surface area contributed by atoms with Crippen molar-refractivity contribution in [1.29, 1.82) is 0 Å². The SMILES string of the molecule is COc1ccc(F)cc1CN1CCN(C(=O)COc2ccc(Br)cc2)CC1. The van der Waals surface area contributed by atoms with E-state index in [9.17, 15) is 9.18 Å². The Bertz CT molecular complexity index is 777. The van der Waals surface area contributed by atoms with Gasteiger partial charge in [0.1, 0.15) is 17.3 Å². The average Bonchev–Trinajstić information content (AvgIpc) is 2.68. The zero-order chi connectivity index (χ0) is 19.2. The third-order valence-corrected chi connectivity index (χ3v) is 5.07. The predicted octanol–water partition coefficient (Wildman–Crippen LogP) is 3.32. The Kier molecular flexibility index (Phi) is 6.68. The van der Waals surface area contributed by atoms with E-state index in [0.29, 0.717) is 31.1 Å². The van der Waals surface area contributed by atoms with Crippen molar-refractivity contribution in [1.82, 2.24) is 9.80 Å². The molecule has 0 N–H and O–H groups in total. The second kappa shape index (κ2) is 9.19. The summed E-state index contributed by atoms with van der Waals surface area (Å²) in [5, 5.41) is 0. The van der Waals surface area contributed by atoms with Crippen LogP contribution in [0.1, 0.15) is 5.56 Å². The lowest BCUT2D eigenvalue weighted by Gasteiger charge is -2.34. The number of benzene rings is 2. The first-order valence-electron chi connectivity index (χ1n) is 8.76. The van der Waals surface area contributed by atoms with Crippen LogP contribution in [0.4, 0.5) is 4.39 Å². The third-order valence-electron chi connectivity index (χ3n) is 4.54. The zero-order valence-electron chi connectivity index (χ0n) is 15.2. The number of carbonyl (C=O) groups excluding carboxylic acids is 1. The van der Waals surface area contributed by atoms with Crippen LogP contribution in [0.5, 0.6) is 11.5 Å². The fourth-order valence-corrected chi connectivity index (χ4v) is 3.30. The molecule has 1 aliphatic heterocycles. The molecule has 1 fully saturated rings. The van der Waals surface area contributed by atoms with E-state index in [1.165, 1.54) is 12.1 Å². The maximum absolute atomic E-state index is 13.5. The first-order chi connectivity index (χ1) is 13.0. The Morgan fingerprint density at radius 2 is 1.81 bits per heavy atom. The molecule has 0 bridgehead atoms. The van der Waals surface area contributed by atoms with Crippen molar-refractivity contribution in [2.24, 2.45) is 0 Å². The second-order valence-electron chi connectivity index (χ2n) is 6.36. The van der Waals surface area contributed by atoms with E-state index in [1.807, 2.05) is 24.3 Å². The normalized spacial score (nSPS) is 14.9. The monoisotopic (exact) mass is 436 g/mol. The van der Waals surface area contributed by atoms with E-state index in [1.54, 1.807) is 18.1 Å². The number of amides is 1. The number of halogens is 2. The molecule has 1 aliphatic rings. The molecule has 27 heavy (non-hydrogen) atoms. The highest BCUT2D eigenvalue weighted by atomic mass is 79.9. The van der Waals surface area contributed by atoms with Crippen LogP contribution >= 0.6 is 15.9 Å². The van der Waals surface area contributed by atoms with Crippen molar-refractivity contribution in [3.05, 3.63) is 58.3 Å². The molecule has 144 valence electrons. The smallest absolute Gasteiger partial charge is 0.260 e. The van der Waals surface area contributed by atoms with Gasteiger partial charge >= 0.3 is 0 Å². The molecule has 0 unspecified atom stereocenters. The maximum Gasteiger partial charge on any atom is 0.260 e. The van der Waals surface area contributed by atoms with Gasteiger partial charge in [-0.05, 0) is 42.5 Å². The lowest BCUT2D eigenvalue weighted by Crippen LogP contribution is -2.49. The molecule has 1 heterocycles. The van der Waals surface area contributed by atoms with E-state index in [4.69, 9.17) is 9.47 Å². The summed E-state index contributed by atoms with van der Waals surface area (Å²) < 4.78 is 25.3. The molecule has 5 nitrogen and oxygen atoms in total. The molecule has 0 radical (unpaired) electrons. The van der Waals surface area contributed by atoms with E-state index in [2.05, 4.69) is 20.8 Å². The van der Waals surface area contributed by atoms with Crippen molar-refractivity contribution >= 4 is 21.8 Å². The highest BCUT2D eigenvalue weighted by molar-refractivity contribution is 9.10. The summed E-state index contributed by atoms with van der Waals surface area (Å²) in [5.74, 6) is 1.05. The minimum absolute atomic E-state index is 0.0269. The molecule has 0 aromatic heterocycles. The lowest BCUT2D eigenvalue weighted by atomic mass is 10.1. The van der Waals surface area contributed by atoms with Gasteiger partial charge in [-0.1, -0.05) is 15.9 Å². The molecular formula is C20H22BrFN2O3. The van der Waals surface area contributed by atoms with Crippen LogP contribution in [0, 0.1) is 5.82 Å². The molecule has 1 saturated heterocycles. The highest BCUT2D eigenvalue weighted by Gasteiger charge is 2.22. The summed E-state index contributed by atoms with van der Waals surface area (Å²) in [4.78, 5) is 16.3. The number of carbonyl (C=O) groups is 1. The van der Waals surface area contributed by atoms with Gasteiger partial charge in [0.25, 0.3) is 5.91 Å². The molecule has 2 aromatic rings. The second-order valence-corrected chi connectivity index (χ2v) is 7.27. The number of hydrogen-bond acceptors (Lipinski definition) is 4. The zero-order valence-corrected chi connectivity index (χ0v) is 16.7. The topological polar surface area (TPSA) is 42.0 Å². The largest absolute Gasteiger partial charge is 0.496 e. The number of hydrogen-bond donors (Lipinski definition) is 0. The third kappa shape index (κ3) is 5.43. The molecule has 0 aliphatic carbocycles. The van der Waals surface area contributed by atoms with Crippen LogP contribution < -0.4 is 9.47 Å². The van der Waals surface area contributed by atoms with Crippen LogP contribution in [0.25, 0.3) is 0 Å². The molecule has 1 amide bonds. The Balaban J connectivity index is 1.47. The van der Waals surface area contributed by atoms with Crippen molar-refractivity contribution < 1.29 is 18.7 Å². The fraction of sp³-hybridized carbons (Fsp3) is 0.350. The number of methoxy groups -OCH3 is 1. The van der Waals surface area contributed by atoms with Gasteiger partial charge in [-0.25, -0.2) is 4.39 Å². The minimum Gasteiger partial charge on any atom is -0.496 e. The Morgan fingerprint density at radius 3 is 2.48 bits per heavy atom. The Morgan fingerprint density at radius 1 is 1.11 bits per heavy atom. The van der Waals surface area contributed by atoms with Crippen molar-refractivity contribution in [2.45, 2.75) is 6.54 Å². The van der Waals surface area contributed by atoms with Crippen molar-refractivity contribution in [3.8, 4) is 11.5 Å². The van der Waals surface area contributed by atoms with Gasteiger partial charge in [-0.3, -0.25) is 9.69 Å². The van der Waals surface area contributed by atoms with Gasteiger partial charge in [0.05, 0.1) is 7.11 Å². The van der Waals surface area contributed by atoms with Gasteiger partial charge < -0.3 is 14.4 Å². The molecular weight excluding hydrogens is 415 g/mol. The molecule has 7 heteroatoms. The summed E-state index contributed by atoms with van der Waals surface area (Å²) in [6.07, 6.45) is 0. The summed E-state index contributed by atoms with van der Waals surface area (Å²) >= 11 is 3.37. The van der Waals surface area contributed by atoms with E-state index >= 15 is 0 Å². The number of ether oxygens (including phenoxy) is 2. The molecule has 0 spiro atoms. The fourth-order valence-electron chi connectivity index (χ4n) is 3.03. The van der Waals surface area contributed by atoms with Crippen molar-refractivity contribution in [2.75, 3.05) is 39.9 Å². The first-order valence-corrected chi connectivity index (χ1v) is 9.55. The number of nitrogens with zero attached hydrogens (tertiary/aromatic N) is 2. The van der Waals surface area contributed by atoms with Gasteiger partial charge in [0, 0.05) is 42.8 Å². The standard InChI is InChI=1S/C20H22BrFN2O3/c1-26-19-7-4-17(22)12-15(19)13-23-8-10-24(11-9-23)20(25)14-27-18-5-2-16(21)3-6-18/h2-7,12H,8-11,13-14H2,1H3. The van der Waals surface area contributed by atoms with E-state index in [-0.39, 0.29) is 18.3 Å². The van der Waals surface area contributed by atoms with Gasteiger partial charge in [0.15, 0.2) is 6.61 Å². The van der Waals surface area contributed by atoms with Gasteiger partial charge in [-0.15, -0.1) is 0 Å². The first kappa shape index (κ1) is 19.6. The van der Waals surface area contributed by atoms with Gasteiger partial charge in [0.2, 0.25) is 0 Å². The summed E-state index contributed by atoms with van der Waals surface area (Å²) in [6.45, 7) is 3.32. The van der Waals surface area contributed by atoms with Crippen LogP contribution in [0.2, 0.25) is 0 Å². The average molecular weight is 437 g/mol. The van der Waals surface area contributed by atoms with E-state index < -0.39 is 0 Å². The summed E-state index contributed by atoms with van der Waals surface area (Å²) in [5.41, 5.74) is 0.816. The van der Waals surface area contributed by atoms with Crippen molar-refractivity contribution in [3.63, 3.8) is 0 Å². The Labute approximate surface area is 166 Å². The maximum atomic E-state index is 13.5. The quantitative estimate of drug-likeness (QED) is 0.696. The molecule has 3 rings (SSSR count). The van der Waals surface area contributed by atoms with Gasteiger partial charge in [-0.2, -0.15) is 0 Å². The van der Waals surface area contributed by atoms with E-state index in [0.717, 1.165) is 23.1 Å². The summed E-state index contributed by atoms with van der Waals surface area (Å²) in [6, 6.07) is 11.9. The highest BCUT2D eigenvalue weighted by Crippen LogP contribution is 2.22. The minimum atomic E-state index is -0.273. The molecule has 0 saturated carbocycles. The van der Waals surface area contributed by atoms with Crippen LogP contribution in [0.3, 0.4) is 0 Å². The van der Waals surface area contributed by atoms with Crippen LogP contribution in [0.15, 0.2) is 46.9 Å². The van der Waals surface area contributed by atoms with Crippen LogP contribution in [-0.4, -0.2) is 55.6 Å². The predicted molar refractivity (Wildman–Crippen MR) is 104 cm³/mol. The summed E-state index contributed by atoms with van der Waals surface area (Å²) in [7, 11) is 1.58. The molecule has 0 atom stereocenters. The van der Waals surface area contributed by atoms with Crippen LogP contribution in [-0.2, 0) is 11.3 Å².